The summed E-state index contributed by atoms with van der Waals surface area (Å²) in [5.74, 6) is 1.81. The number of nitrogens with one attached hydrogen (secondary N) is 2. The first-order valence-electron chi connectivity index (χ1n) is 10.8. The molecule has 0 radical (unpaired) electrons. The van der Waals surface area contributed by atoms with Crippen LogP contribution in [0.5, 0.6) is 0 Å². The van der Waals surface area contributed by atoms with Crippen molar-refractivity contribution in [2.75, 3.05) is 26.2 Å². The molecule has 30 heavy (non-hydrogen) atoms. The molecule has 7 heteroatoms. The lowest BCUT2D eigenvalue weighted by Gasteiger charge is -2.37. The largest absolute Gasteiger partial charge is 0.361 e. The number of aryl methyl sites for hydroxylation is 2. The molecule has 0 spiro atoms. The minimum absolute atomic E-state index is 0. The highest BCUT2D eigenvalue weighted by Crippen LogP contribution is 2.24. The van der Waals surface area contributed by atoms with Crippen molar-refractivity contribution >= 4 is 29.9 Å². The Hall–Kier alpha value is -1.61. The lowest BCUT2D eigenvalue weighted by molar-refractivity contribution is 0.158. The monoisotopic (exact) mass is 525 g/mol. The zero-order valence-electron chi connectivity index (χ0n) is 18.6. The molecule has 1 atom stereocenters. The zero-order valence-corrected chi connectivity index (χ0v) is 21.0. The smallest absolute Gasteiger partial charge is 0.191 e. The first-order valence-corrected chi connectivity index (χ1v) is 10.8. The number of hydrogen-bond acceptors (Lipinski definition) is 4. The highest BCUT2D eigenvalue weighted by molar-refractivity contribution is 14.0. The molecule has 1 aliphatic rings. The van der Waals surface area contributed by atoms with Crippen LogP contribution in [0.15, 0.2) is 39.8 Å². The number of likely N-dealkylation sites (tertiary alicyclic amines) is 1. The first kappa shape index (κ1) is 24.7. The van der Waals surface area contributed by atoms with Crippen LogP contribution in [0.1, 0.15) is 55.3 Å². The summed E-state index contributed by atoms with van der Waals surface area (Å²) >= 11 is 0. The van der Waals surface area contributed by atoms with E-state index in [-0.39, 0.29) is 24.0 Å². The van der Waals surface area contributed by atoms with E-state index in [1.807, 2.05) is 13.8 Å². The summed E-state index contributed by atoms with van der Waals surface area (Å²) in [6, 6.07) is 11.7. The minimum atomic E-state index is 0. The van der Waals surface area contributed by atoms with E-state index in [0.29, 0.717) is 12.1 Å². The van der Waals surface area contributed by atoms with Crippen LogP contribution in [-0.4, -0.2) is 48.2 Å². The molecule has 2 heterocycles. The molecule has 6 nitrogen and oxygen atoms in total. The van der Waals surface area contributed by atoms with Crippen molar-refractivity contribution in [3.05, 3.63) is 52.9 Å². The van der Waals surface area contributed by atoms with Gasteiger partial charge in [0.25, 0.3) is 0 Å². The van der Waals surface area contributed by atoms with Gasteiger partial charge in [0, 0.05) is 43.8 Å². The maximum Gasteiger partial charge on any atom is 0.191 e. The molecule has 1 fully saturated rings. The summed E-state index contributed by atoms with van der Waals surface area (Å²) in [4.78, 5) is 7.36. The van der Waals surface area contributed by atoms with E-state index in [0.717, 1.165) is 62.9 Å². The predicted molar refractivity (Wildman–Crippen MR) is 134 cm³/mol. The number of aromatic nitrogens is 1. The molecular weight excluding hydrogens is 489 g/mol. The summed E-state index contributed by atoms with van der Waals surface area (Å²) < 4.78 is 5.25. The van der Waals surface area contributed by atoms with Crippen molar-refractivity contribution in [3.8, 4) is 0 Å². The fourth-order valence-electron chi connectivity index (χ4n) is 4.03. The first-order chi connectivity index (χ1) is 14.1. The average molecular weight is 525 g/mol. The lowest BCUT2D eigenvalue weighted by atomic mass is 10.0. The van der Waals surface area contributed by atoms with Crippen molar-refractivity contribution in [1.82, 2.24) is 20.7 Å². The van der Waals surface area contributed by atoms with E-state index >= 15 is 0 Å². The number of guanidine groups is 1. The van der Waals surface area contributed by atoms with Gasteiger partial charge >= 0.3 is 0 Å². The Balaban J connectivity index is 0.00000320. The van der Waals surface area contributed by atoms with Crippen LogP contribution in [0.4, 0.5) is 0 Å². The quantitative estimate of drug-likeness (QED) is 0.322. The molecule has 1 saturated heterocycles. The van der Waals surface area contributed by atoms with Crippen LogP contribution in [0.2, 0.25) is 0 Å². The number of benzene rings is 1. The highest BCUT2D eigenvalue weighted by Gasteiger charge is 2.24. The molecule has 0 aliphatic carbocycles. The maximum absolute atomic E-state index is 5.25. The Kier molecular flexibility index (Phi) is 10.1. The van der Waals surface area contributed by atoms with Crippen LogP contribution >= 0.6 is 24.0 Å². The number of hydrogen-bond donors (Lipinski definition) is 2. The SMILES string of the molecule is CCNC(=NCCc1c(C)noc1C)NC1CCN(C(C)c2ccccc2)CC1.I. The van der Waals surface area contributed by atoms with Crippen molar-refractivity contribution in [3.63, 3.8) is 0 Å². The summed E-state index contributed by atoms with van der Waals surface area (Å²) in [6.45, 7) is 12.2. The standard InChI is InChI=1S/C23H35N5O.HI/c1-5-24-23(25-14-11-22-17(2)27-29-19(22)4)26-21-12-15-28(16-13-21)18(3)20-9-7-6-8-10-20;/h6-10,18,21H,5,11-16H2,1-4H3,(H2,24,25,26);1H. The van der Waals surface area contributed by atoms with E-state index < -0.39 is 0 Å². The minimum Gasteiger partial charge on any atom is -0.361 e. The van der Waals surface area contributed by atoms with Crippen LogP contribution in [0, 0.1) is 13.8 Å². The van der Waals surface area contributed by atoms with Gasteiger partial charge in [0.2, 0.25) is 0 Å². The Morgan fingerprint density at radius 3 is 2.53 bits per heavy atom. The van der Waals surface area contributed by atoms with Gasteiger partial charge in [-0.2, -0.15) is 0 Å². The van der Waals surface area contributed by atoms with Gasteiger partial charge in [0.1, 0.15) is 5.76 Å². The van der Waals surface area contributed by atoms with E-state index in [9.17, 15) is 0 Å². The molecule has 1 unspecified atom stereocenters. The van der Waals surface area contributed by atoms with Gasteiger partial charge in [0.15, 0.2) is 5.96 Å². The molecule has 1 aromatic heterocycles. The van der Waals surface area contributed by atoms with E-state index in [2.05, 4.69) is 64.9 Å². The molecule has 166 valence electrons. The van der Waals surface area contributed by atoms with Crippen molar-refractivity contribution in [2.45, 2.75) is 59.0 Å². The number of aliphatic imine (C=N–C) groups is 1. The van der Waals surface area contributed by atoms with E-state index in [4.69, 9.17) is 9.52 Å². The molecular formula is C23H36IN5O. The summed E-state index contributed by atoms with van der Waals surface area (Å²) in [5.41, 5.74) is 3.54. The van der Waals surface area contributed by atoms with Gasteiger partial charge in [-0.05, 0) is 52.5 Å². The van der Waals surface area contributed by atoms with Gasteiger partial charge in [-0.15, -0.1) is 24.0 Å². The van der Waals surface area contributed by atoms with E-state index in [1.54, 1.807) is 0 Å². The third-order valence-electron chi connectivity index (χ3n) is 5.86. The zero-order chi connectivity index (χ0) is 20.6. The third kappa shape index (κ3) is 6.70. The van der Waals surface area contributed by atoms with Crippen molar-refractivity contribution in [2.24, 2.45) is 4.99 Å². The van der Waals surface area contributed by atoms with Gasteiger partial charge in [0.05, 0.1) is 5.69 Å². The Bertz CT molecular complexity index is 765. The van der Waals surface area contributed by atoms with Gasteiger partial charge < -0.3 is 15.2 Å². The van der Waals surface area contributed by atoms with Crippen LogP contribution in [-0.2, 0) is 6.42 Å². The second-order valence-electron chi connectivity index (χ2n) is 7.85. The molecule has 0 bridgehead atoms. The second-order valence-corrected chi connectivity index (χ2v) is 7.85. The molecule has 1 aromatic carbocycles. The summed E-state index contributed by atoms with van der Waals surface area (Å²) in [5, 5.41) is 11.1. The topological polar surface area (TPSA) is 65.7 Å². The third-order valence-corrected chi connectivity index (χ3v) is 5.86. The van der Waals surface area contributed by atoms with Gasteiger partial charge in [-0.3, -0.25) is 9.89 Å². The Morgan fingerprint density at radius 1 is 1.23 bits per heavy atom. The maximum atomic E-state index is 5.25. The molecule has 0 saturated carbocycles. The molecule has 3 rings (SSSR count). The Morgan fingerprint density at radius 2 is 1.93 bits per heavy atom. The number of rotatable bonds is 7. The number of nitrogens with zero attached hydrogens (tertiary/aromatic N) is 3. The molecule has 2 N–H and O–H groups in total. The van der Waals surface area contributed by atoms with Crippen LogP contribution in [0.3, 0.4) is 0 Å². The Labute approximate surface area is 197 Å². The predicted octanol–water partition coefficient (Wildman–Crippen LogP) is 4.23. The van der Waals surface area contributed by atoms with Gasteiger partial charge in [-0.1, -0.05) is 35.5 Å². The average Bonchev–Trinajstić information content (AvgIpc) is 3.06. The fourth-order valence-corrected chi connectivity index (χ4v) is 4.03. The van der Waals surface area contributed by atoms with Crippen molar-refractivity contribution < 1.29 is 4.52 Å². The lowest BCUT2D eigenvalue weighted by Crippen LogP contribution is -2.49. The highest BCUT2D eigenvalue weighted by atomic mass is 127. The normalized spacial score (nSPS) is 16.7. The molecule has 2 aromatic rings. The van der Waals surface area contributed by atoms with E-state index in [1.165, 1.54) is 11.1 Å². The summed E-state index contributed by atoms with van der Waals surface area (Å²) in [7, 11) is 0. The molecule has 0 amide bonds. The van der Waals surface area contributed by atoms with Crippen LogP contribution < -0.4 is 10.6 Å². The summed E-state index contributed by atoms with van der Waals surface area (Å²) in [6.07, 6.45) is 3.11. The van der Waals surface area contributed by atoms with Crippen molar-refractivity contribution in [1.29, 1.82) is 0 Å². The van der Waals surface area contributed by atoms with Crippen LogP contribution in [0.25, 0.3) is 0 Å². The second kappa shape index (κ2) is 12.3. The van der Waals surface area contributed by atoms with Gasteiger partial charge in [-0.25, -0.2) is 0 Å². The fraction of sp³-hybridized carbons (Fsp3) is 0.565. The molecule has 1 aliphatic heterocycles. The number of halogens is 1. The number of piperidine rings is 1.